The first-order chi connectivity index (χ1) is 8.74. The van der Waals surface area contributed by atoms with Gasteiger partial charge in [0.05, 0.1) is 17.2 Å². The van der Waals surface area contributed by atoms with E-state index in [4.69, 9.17) is 12.2 Å². The minimum Gasteiger partial charge on any atom is -0.329 e. The summed E-state index contributed by atoms with van der Waals surface area (Å²) in [5.41, 5.74) is 2.21. The van der Waals surface area contributed by atoms with Gasteiger partial charge < -0.3 is 14.5 Å². The smallest absolute Gasteiger partial charge is 0.178 e. The lowest BCUT2D eigenvalue weighted by atomic mass is 9.97. The first kappa shape index (κ1) is 11.9. The lowest BCUT2D eigenvalue weighted by Crippen LogP contribution is -2.31. The standard InChI is InChI=1S/C13H18N4S/c1-16-6-3-10(4-7-16)9-17-12-2-5-14-8-11(12)15-13(17)18/h2,5,8,10H,3-4,6-7,9H2,1H3,(H,15,18). The van der Waals surface area contributed by atoms with Crippen molar-refractivity contribution in [3.05, 3.63) is 23.2 Å². The average Bonchev–Trinajstić information content (AvgIpc) is 2.69. The normalized spacial score (nSPS) is 18.5. The van der Waals surface area contributed by atoms with E-state index in [1.165, 1.54) is 31.4 Å². The molecule has 18 heavy (non-hydrogen) atoms. The van der Waals surface area contributed by atoms with Crippen LogP contribution >= 0.6 is 12.2 Å². The molecule has 0 saturated carbocycles. The number of H-pyrrole nitrogens is 1. The molecule has 1 saturated heterocycles. The van der Waals surface area contributed by atoms with Crippen LogP contribution < -0.4 is 0 Å². The van der Waals surface area contributed by atoms with Crippen LogP contribution in [0.25, 0.3) is 11.0 Å². The van der Waals surface area contributed by atoms with Crippen LogP contribution in [0.3, 0.4) is 0 Å². The lowest BCUT2D eigenvalue weighted by molar-refractivity contribution is 0.206. The minimum atomic E-state index is 0.736. The molecule has 0 bridgehead atoms. The molecule has 0 unspecified atom stereocenters. The molecule has 96 valence electrons. The Morgan fingerprint density at radius 2 is 2.22 bits per heavy atom. The van der Waals surface area contributed by atoms with Crippen LogP contribution in [0.2, 0.25) is 0 Å². The Morgan fingerprint density at radius 1 is 1.44 bits per heavy atom. The van der Waals surface area contributed by atoms with E-state index in [-0.39, 0.29) is 0 Å². The summed E-state index contributed by atoms with van der Waals surface area (Å²) in [5, 5.41) is 0. The van der Waals surface area contributed by atoms with E-state index in [0.29, 0.717) is 0 Å². The number of rotatable bonds is 2. The molecule has 0 aromatic carbocycles. The molecule has 1 aliphatic heterocycles. The number of piperidine rings is 1. The summed E-state index contributed by atoms with van der Waals surface area (Å²) in [5.74, 6) is 0.736. The van der Waals surface area contributed by atoms with Crippen molar-refractivity contribution in [1.29, 1.82) is 0 Å². The second-order valence-electron chi connectivity index (χ2n) is 5.18. The fourth-order valence-corrected chi connectivity index (χ4v) is 2.98. The van der Waals surface area contributed by atoms with Crippen molar-refractivity contribution < 1.29 is 0 Å². The third-order valence-corrected chi connectivity index (χ3v) is 4.18. The Kier molecular flexibility index (Phi) is 3.18. The highest BCUT2D eigenvalue weighted by Crippen LogP contribution is 2.21. The Balaban J connectivity index is 1.86. The van der Waals surface area contributed by atoms with E-state index in [1.54, 1.807) is 0 Å². The van der Waals surface area contributed by atoms with E-state index < -0.39 is 0 Å². The number of aromatic nitrogens is 3. The third kappa shape index (κ3) is 2.20. The molecule has 5 heteroatoms. The second-order valence-corrected chi connectivity index (χ2v) is 5.57. The average molecular weight is 262 g/mol. The first-order valence-electron chi connectivity index (χ1n) is 6.45. The van der Waals surface area contributed by atoms with E-state index >= 15 is 0 Å². The van der Waals surface area contributed by atoms with E-state index in [9.17, 15) is 0 Å². The molecule has 0 atom stereocenters. The number of pyridine rings is 1. The Labute approximate surface area is 112 Å². The van der Waals surface area contributed by atoms with E-state index in [1.807, 2.05) is 18.5 Å². The van der Waals surface area contributed by atoms with E-state index in [0.717, 1.165) is 22.8 Å². The molecule has 4 nitrogen and oxygen atoms in total. The van der Waals surface area contributed by atoms with Crippen LogP contribution in [0.1, 0.15) is 12.8 Å². The van der Waals surface area contributed by atoms with Gasteiger partial charge in [0.1, 0.15) is 0 Å². The Morgan fingerprint density at radius 3 is 3.00 bits per heavy atom. The number of aromatic amines is 1. The SMILES string of the molecule is CN1CCC(Cn2c(=S)[nH]c3cnccc32)CC1. The van der Waals surface area contributed by atoms with Gasteiger partial charge in [0.2, 0.25) is 0 Å². The maximum atomic E-state index is 5.41. The maximum Gasteiger partial charge on any atom is 0.178 e. The molecule has 0 aliphatic carbocycles. The number of hydrogen-bond acceptors (Lipinski definition) is 3. The number of nitrogens with one attached hydrogen (secondary N) is 1. The fraction of sp³-hybridized carbons (Fsp3) is 0.538. The summed E-state index contributed by atoms with van der Waals surface area (Å²) in [6.45, 7) is 3.42. The highest BCUT2D eigenvalue weighted by atomic mass is 32.1. The van der Waals surface area contributed by atoms with Crippen LogP contribution in [0, 0.1) is 10.7 Å². The summed E-state index contributed by atoms with van der Waals surface area (Å²) in [6, 6.07) is 2.04. The van der Waals surface area contributed by atoms with Crippen LogP contribution in [0.4, 0.5) is 0 Å². The Bertz CT molecular complexity index is 592. The molecule has 1 N–H and O–H groups in total. The number of likely N-dealkylation sites (tertiary alicyclic amines) is 1. The van der Waals surface area contributed by atoms with Gasteiger partial charge in [0.15, 0.2) is 4.77 Å². The predicted molar refractivity (Wildman–Crippen MR) is 75.1 cm³/mol. The van der Waals surface area contributed by atoms with Crippen LogP contribution in [0.5, 0.6) is 0 Å². The first-order valence-corrected chi connectivity index (χ1v) is 6.86. The molecule has 1 fully saturated rings. The number of hydrogen-bond donors (Lipinski definition) is 1. The minimum absolute atomic E-state index is 0.736. The molecular formula is C13H18N4S. The summed E-state index contributed by atoms with van der Waals surface area (Å²) in [6.07, 6.45) is 6.19. The van der Waals surface area contributed by atoms with Gasteiger partial charge >= 0.3 is 0 Å². The molecule has 2 aromatic rings. The highest BCUT2D eigenvalue weighted by Gasteiger charge is 2.18. The topological polar surface area (TPSA) is 36.9 Å². The third-order valence-electron chi connectivity index (χ3n) is 3.85. The second kappa shape index (κ2) is 4.82. The molecule has 1 aliphatic rings. The molecular weight excluding hydrogens is 244 g/mol. The van der Waals surface area contributed by atoms with Crippen molar-refractivity contribution >= 4 is 23.3 Å². The molecule has 3 heterocycles. The van der Waals surface area contributed by atoms with Crippen molar-refractivity contribution in [2.45, 2.75) is 19.4 Å². The zero-order chi connectivity index (χ0) is 12.5. The van der Waals surface area contributed by atoms with Crippen LogP contribution in [0.15, 0.2) is 18.5 Å². The van der Waals surface area contributed by atoms with Crippen molar-refractivity contribution in [3.63, 3.8) is 0 Å². The number of imidazole rings is 1. The van der Waals surface area contributed by atoms with Gasteiger partial charge in [-0.25, -0.2) is 0 Å². The molecule has 0 spiro atoms. The largest absolute Gasteiger partial charge is 0.329 e. The number of fused-ring (bicyclic) bond motifs is 1. The summed E-state index contributed by atoms with van der Waals surface area (Å²) in [4.78, 5) is 9.75. The van der Waals surface area contributed by atoms with Gasteiger partial charge in [-0.05, 0) is 57.2 Å². The van der Waals surface area contributed by atoms with E-state index in [2.05, 4.69) is 26.5 Å². The van der Waals surface area contributed by atoms with Gasteiger partial charge in [0.25, 0.3) is 0 Å². The zero-order valence-electron chi connectivity index (χ0n) is 10.6. The molecule has 0 radical (unpaired) electrons. The maximum absolute atomic E-state index is 5.41. The molecule has 3 rings (SSSR count). The molecule has 2 aromatic heterocycles. The quantitative estimate of drug-likeness (QED) is 0.845. The van der Waals surface area contributed by atoms with Crippen molar-refractivity contribution in [1.82, 2.24) is 19.4 Å². The monoisotopic (exact) mass is 262 g/mol. The van der Waals surface area contributed by atoms with Gasteiger partial charge in [-0.1, -0.05) is 0 Å². The van der Waals surface area contributed by atoms with Gasteiger partial charge in [-0.3, -0.25) is 4.98 Å². The van der Waals surface area contributed by atoms with Crippen molar-refractivity contribution in [2.24, 2.45) is 5.92 Å². The summed E-state index contributed by atoms with van der Waals surface area (Å²) < 4.78 is 3.04. The highest BCUT2D eigenvalue weighted by molar-refractivity contribution is 7.71. The summed E-state index contributed by atoms with van der Waals surface area (Å²) >= 11 is 5.41. The zero-order valence-corrected chi connectivity index (χ0v) is 11.4. The van der Waals surface area contributed by atoms with Crippen LogP contribution in [-0.2, 0) is 6.54 Å². The van der Waals surface area contributed by atoms with Gasteiger partial charge in [-0.2, -0.15) is 0 Å². The lowest BCUT2D eigenvalue weighted by Gasteiger charge is -2.29. The Hall–Kier alpha value is -1.20. The van der Waals surface area contributed by atoms with Crippen LogP contribution in [-0.4, -0.2) is 39.6 Å². The number of nitrogens with zero attached hydrogens (tertiary/aromatic N) is 3. The predicted octanol–water partition coefficient (Wildman–Crippen LogP) is 2.44. The fourth-order valence-electron chi connectivity index (χ4n) is 2.69. The van der Waals surface area contributed by atoms with Gasteiger partial charge in [-0.15, -0.1) is 0 Å². The van der Waals surface area contributed by atoms with Crippen molar-refractivity contribution in [3.8, 4) is 0 Å². The summed E-state index contributed by atoms with van der Waals surface area (Å²) in [7, 11) is 2.19. The molecule has 0 amide bonds. The van der Waals surface area contributed by atoms with Crippen molar-refractivity contribution in [2.75, 3.05) is 20.1 Å². The van der Waals surface area contributed by atoms with Gasteiger partial charge in [0, 0.05) is 12.7 Å².